The number of aromatic nitrogens is 2. The van der Waals surface area contributed by atoms with E-state index in [1.165, 1.54) is 0 Å². The summed E-state index contributed by atoms with van der Waals surface area (Å²) in [6, 6.07) is 0.469. The van der Waals surface area contributed by atoms with Crippen LogP contribution in [-0.2, 0) is 6.54 Å². The second-order valence-electron chi connectivity index (χ2n) is 3.37. The number of hydrogen-bond acceptors (Lipinski definition) is 4. The van der Waals surface area contributed by atoms with Crippen LogP contribution in [0.5, 0.6) is 0 Å². The summed E-state index contributed by atoms with van der Waals surface area (Å²) in [6.07, 6.45) is 1.77. The average Bonchev–Trinajstić information content (AvgIpc) is 2.02. The van der Waals surface area contributed by atoms with Gasteiger partial charge < -0.3 is 11.1 Å². The van der Waals surface area contributed by atoms with E-state index in [0.717, 1.165) is 17.8 Å². The first-order chi connectivity index (χ1) is 6.09. The van der Waals surface area contributed by atoms with E-state index in [2.05, 4.69) is 29.1 Å². The molecule has 0 aliphatic rings. The molecule has 0 amide bonds. The molecule has 0 saturated heterocycles. The minimum Gasteiger partial charge on any atom is -0.368 e. The van der Waals surface area contributed by atoms with Gasteiger partial charge in [0, 0.05) is 30.0 Å². The van der Waals surface area contributed by atoms with Gasteiger partial charge in [0.15, 0.2) is 0 Å². The minimum absolute atomic E-state index is 0.339. The molecule has 0 saturated carbocycles. The van der Waals surface area contributed by atoms with Crippen molar-refractivity contribution in [2.45, 2.75) is 33.4 Å². The molecule has 0 bridgehead atoms. The van der Waals surface area contributed by atoms with Crippen molar-refractivity contribution in [1.82, 2.24) is 15.3 Å². The maximum absolute atomic E-state index is 5.44. The first kappa shape index (κ1) is 9.92. The van der Waals surface area contributed by atoms with E-state index in [9.17, 15) is 0 Å². The van der Waals surface area contributed by atoms with Gasteiger partial charge in [0.2, 0.25) is 5.95 Å². The monoisotopic (exact) mass is 180 g/mol. The third-order valence-corrected chi connectivity index (χ3v) is 1.80. The molecular weight excluding hydrogens is 164 g/mol. The predicted molar refractivity (Wildman–Crippen MR) is 53.2 cm³/mol. The van der Waals surface area contributed by atoms with Gasteiger partial charge in [0.25, 0.3) is 0 Å². The highest BCUT2D eigenvalue weighted by Gasteiger charge is 2.01. The van der Waals surface area contributed by atoms with E-state index in [1.807, 2.05) is 6.92 Å². The zero-order chi connectivity index (χ0) is 9.84. The van der Waals surface area contributed by atoms with Crippen LogP contribution in [0.1, 0.15) is 25.1 Å². The zero-order valence-corrected chi connectivity index (χ0v) is 8.33. The normalized spacial score (nSPS) is 10.8. The van der Waals surface area contributed by atoms with Gasteiger partial charge in [0.1, 0.15) is 0 Å². The van der Waals surface area contributed by atoms with Crippen molar-refractivity contribution in [2.75, 3.05) is 5.73 Å². The predicted octanol–water partition coefficient (Wildman–Crippen LogP) is 0.865. The third kappa shape index (κ3) is 2.99. The number of nitrogens with two attached hydrogens (primary N) is 1. The van der Waals surface area contributed by atoms with E-state index in [4.69, 9.17) is 5.73 Å². The van der Waals surface area contributed by atoms with Gasteiger partial charge in [-0.3, -0.25) is 0 Å². The van der Waals surface area contributed by atoms with Crippen molar-refractivity contribution in [3.63, 3.8) is 0 Å². The highest BCUT2D eigenvalue weighted by molar-refractivity contribution is 5.23. The molecule has 1 aromatic rings. The van der Waals surface area contributed by atoms with Crippen molar-refractivity contribution in [3.05, 3.63) is 17.5 Å². The first-order valence-corrected chi connectivity index (χ1v) is 4.41. The molecule has 4 nitrogen and oxygen atoms in total. The molecule has 0 atom stereocenters. The Hall–Kier alpha value is -1.16. The van der Waals surface area contributed by atoms with Gasteiger partial charge in [-0.2, -0.15) is 0 Å². The summed E-state index contributed by atoms with van der Waals surface area (Å²) < 4.78 is 0. The van der Waals surface area contributed by atoms with Crippen molar-refractivity contribution >= 4 is 5.95 Å². The number of nitrogens with zero attached hydrogens (tertiary/aromatic N) is 2. The molecule has 4 heteroatoms. The van der Waals surface area contributed by atoms with Gasteiger partial charge in [-0.25, -0.2) is 9.97 Å². The van der Waals surface area contributed by atoms with Crippen LogP contribution in [-0.4, -0.2) is 16.0 Å². The standard InChI is InChI=1S/C9H16N4/c1-6(2)11-4-8-5-12-9(10)13-7(8)3/h5-6,11H,4H2,1-3H3,(H2,10,12,13). The number of nitrogens with one attached hydrogen (secondary N) is 1. The summed E-state index contributed by atoms with van der Waals surface area (Å²) in [5.74, 6) is 0.339. The molecule has 0 aliphatic heterocycles. The Morgan fingerprint density at radius 2 is 2.23 bits per heavy atom. The maximum atomic E-state index is 5.44. The fourth-order valence-corrected chi connectivity index (χ4v) is 0.998. The summed E-state index contributed by atoms with van der Waals surface area (Å²) in [7, 11) is 0. The molecule has 0 aromatic carbocycles. The number of rotatable bonds is 3. The number of aryl methyl sites for hydroxylation is 1. The van der Waals surface area contributed by atoms with Gasteiger partial charge >= 0.3 is 0 Å². The summed E-state index contributed by atoms with van der Waals surface area (Å²) >= 11 is 0. The van der Waals surface area contributed by atoms with Crippen LogP contribution >= 0.6 is 0 Å². The quantitative estimate of drug-likeness (QED) is 0.724. The van der Waals surface area contributed by atoms with E-state index in [-0.39, 0.29) is 0 Å². The topological polar surface area (TPSA) is 63.8 Å². The van der Waals surface area contributed by atoms with Crippen LogP contribution < -0.4 is 11.1 Å². The van der Waals surface area contributed by atoms with Crippen LogP contribution in [0.25, 0.3) is 0 Å². The minimum atomic E-state index is 0.339. The molecule has 72 valence electrons. The SMILES string of the molecule is Cc1nc(N)ncc1CNC(C)C. The summed E-state index contributed by atoms with van der Waals surface area (Å²) in [6.45, 7) is 6.94. The van der Waals surface area contributed by atoms with Gasteiger partial charge in [0.05, 0.1) is 0 Å². The van der Waals surface area contributed by atoms with Crippen LogP contribution in [0.3, 0.4) is 0 Å². The number of hydrogen-bond donors (Lipinski definition) is 2. The lowest BCUT2D eigenvalue weighted by Crippen LogP contribution is -2.22. The lowest BCUT2D eigenvalue weighted by Gasteiger charge is -2.09. The molecular formula is C9H16N4. The zero-order valence-electron chi connectivity index (χ0n) is 8.33. The molecule has 0 radical (unpaired) electrons. The smallest absolute Gasteiger partial charge is 0.220 e. The van der Waals surface area contributed by atoms with Gasteiger partial charge in [-0.15, -0.1) is 0 Å². The Balaban J connectivity index is 2.67. The lowest BCUT2D eigenvalue weighted by molar-refractivity contribution is 0.585. The molecule has 0 fully saturated rings. The summed E-state index contributed by atoms with van der Waals surface area (Å²) in [5.41, 5.74) is 7.49. The van der Waals surface area contributed by atoms with Crippen LogP contribution in [0.4, 0.5) is 5.95 Å². The van der Waals surface area contributed by atoms with Crippen LogP contribution in [0.15, 0.2) is 6.20 Å². The summed E-state index contributed by atoms with van der Waals surface area (Å²) in [5, 5.41) is 3.30. The Morgan fingerprint density at radius 1 is 1.54 bits per heavy atom. The third-order valence-electron chi connectivity index (χ3n) is 1.80. The Bertz CT molecular complexity index is 283. The molecule has 0 unspecified atom stereocenters. The molecule has 1 aromatic heterocycles. The number of anilines is 1. The van der Waals surface area contributed by atoms with Gasteiger partial charge in [-0.1, -0.05) is 13.8 Å². The molecule has 1 heterocycles. The summed E-state index contributed by atoms with van der Waals surface area (Å²) in [4.78, 5) is 8.02. The van der Waals surface area contributed by atoms with Crippen molar-refractivity contribution in [1.29, 1.82) is 0 Å². The van der Waals surface area contributed by atoms with Gasteiger partial charge in [-0.05, 0) is 6.92 Å². The van der Waals surface area contributed by atoms with Crippen molar-refractivity contribution < 1.29 is 0 Å². The molecule has 13 heavy (non-hydrogen) atoms. The molecule has 3 N–H and O–H groups in total. The van der Waals surface area contributed by atoms with Crippen LogP contribution in [0, 0.1) is 6.92 Å². The maximum Gasteiger partial charge on any atom is 0.220 e. The molecule has 0 spiro atoms. The Labute approximate surface area is 78.6 Å². The fraction of sp³-hybridized carbons (Fsp3) is 0.556. The van der Waals surface area contributed by atoms with Crippen molar-refractivity contribution in [3.8, 4) is 0 Å². The lowest BCUT2D eigenvalue weighted by atomic mass is 10.2. The number of nitrogen functional groups attached to an aromatic ring is 1. The molecule has 1 rings (SSSR count). The average molecular weight is 180 g/mol. The first-order valence-electron chi connectivity index (χ1n) is 4.41. The van der Waals surface area contributed by atoms with E-state index in [1.54, 1.807) is 6.20 Å². The van der Waals surface area contributed by atoms with E-state index < -0.39 is 0 Å². The van der Waals surface area contributed by atoms with E-state index in [0.29, 0.717) is 12.0 Å². The Morgan fingerprint density at radius 3 is 2.77 bits per heavy atom. The van der Waals surface area contributed by atoms with E-state index >= 15 is 0 Å². The fourth-order valence-electron chi connectivity index (χ4n) is 0.998. The highest BCUT2D eigenvalue weighted by atomic mass is 15.0. The highest BCUT2D eigenvalue weighted by Crippen LogP contribution is 2.04. The van der Waals surface area contributed by atoms with Crippen LogP contribution in [0.2, 0.25) is 0 Å². The van der Waals surface area contributed by atoms with Crippen molar-refractivity contribution in [2.24, 2.45) is 0 Å². The second kappa shape index (κ2) is 4.18. The largest absolute Gasteiger partial charge is 0.368 e. The second-order valence-corrected chi connectivity index (χ2v) is 3.37. The Kier molecular flexibility index (Phi) is 3.19. The molecule has 0 aliphatic carbocycles.